The zero-order valence-electron chi connectivity index (χ0n) is 17.2. The fourth-order valence-electron chi connectivity index (χ4n) is 5.94. The zero-order chi connectivity index (χ0) is 17.5. The number of likely N-dealkylation sites (N-methyl/N-ethyl adjacent to an activating group) is 1. The van der Waals surface area contributed by atoms with Crippen molar-refractivity contribution in [2.45, 2.75) is 84.1 Å². The lowest BCUT2D eigenvalue weighted by Crippen LogP contribution is -2.52. The summed E-state index contributed by atoms with van der Waals surface area (Å²) in [6, 6.07) is 0. The first kappa shape index (κ1) is 18.3. The molecule has 2 aliphatic carbocycles. The second-order valence-corrected chi connectivity index (χ2v) is 10.2. The van der Waals surface area contributed by atoms with E-state index in [1.54, 1.807) is 0 Å². The highest BCUT2D eigenvalue weighted by Crippen LogP contribution is 2.52. The predicted octanol–water partition coefficient (Wildman–Crippen LogP) is 4.19. The summed E-state index contributed by atoms with van der Waals surface area (Å²) in [5.74, 6) is 0. The zero-order valence-corrected chi connectivity index (χ0v) is 17.2. The number of rotatable bonds is 5. The topological polar surface area (TPSA) is 9.72 Å². The van der Waals surface area contributed by atoms with Crippen LogP contribution in [0.4, 0.5) is 0 Å². The van der Waals surface area contributed by atoms with Gasteiger partial charge in [-0.25, -0.2) is 0 Å². The van der Waals surface area contributed by atoms with Crippen molar-refractivity contribution in [3.8, 4) is 0 Å². The minimum Gasteiger partial charge on any atom is -0.303 e. The average molecular weight is 348 g/mol. The van der Waals surface area contributed by atoms with E-state index in [0.29, 0.717) is 11.0 Å². The maximum Gasteiger partial charge on any atom is 0.0512 e. The maximum absolute atomic E-state index is 2.81. The van der Waals surface area contributed by atoms with Gasteiger partial charge < -0.3 is 4.90 Å². The smallest absolute Gasteiger partial charge is 0.0512 e. The Balaban J connectivity index is 1.27. The van der Waals surface area contributed by atoms with Gasteiger partial charge in [0.15, 0.2) is 0 Å². The Morgan fingerprint density at radius 2 is 1.40 bits per heavy atom. The molecule has 0 aromatic carbocycles. The van der Waals surface area contributed by atoms with E-state index in [4.69, 9.17) is 0 Å². The van der Waals surface area contributed by atoms with Crippen LogP contribution in [0.5, 0.6) is 0 Å². The molecule has 0 radical (unpaired) electrons. The minimum atomic E-state index is 0.479. The predicted molar refractivity (Wildman–Crippen MR) is 106 cm³/mol. The molecule has 25 heavy (non-hydrogen) atoms. The average Bonchev–Trinajstić information content (AvgIpc) is 3.24. The van der Waals surface area contributed by atoms with E-state index in [1.165, 1.54) is 104 Å². The normalized spacial score (nSPS) is 32.3. The highest BCUT2D eigenvalue weighted by atomic mass is 15.4. The number of hydrogen-bond donors (Lipinski definition) is 0. The van der Waals surface area contributed by atoms with E-state index in [1.807, 2.05) is 0 Å². The van der Waals surface area contributed by atoms with Crippen molar-refractivity contribution in [1.82, 2.24) is 14.7 Å². The van der Waals surface area contributed by atoms with E-state index in [-0.39, 0.29) is 0 Å². The van der Waals surface area contributed by atoms with Crippen molar-refractivity contribution in [2.24, 2.45) is 10.8 Å². The van der Waals surface area contributed by atoms with Gasteiger partial charge in [-0.05, 0) is 95.2 Å². The van der Waals surface area contributed by atoms with Crippen LogP contribution in [0.15, 0.2) is 0 Å². The van der Waals surface area contributed by atoms with Gasteiger partial charge in [-0.2, -0.15) is 0 Å². The first-order chi connectivity index (χ1) is 12.0. The summed E-state index contributed by atoms with van der Waals surface area (Å²) >= 11 is 0. The Bertz CT molecular complexity index is 452. The van der Waals surface area contributed by atoms with Gasteiger partial charge in [-0.1, -0.05) is 13.8 Å². The van der Waals surface area contributed by atoms with Crippen LogP contribution >= 0.6 is 0 Å². The molecule has 2 saturated carbocycles. The third-order valence-corrected chi connectivity index (χ3v) is 8.84. The molecule has 1 spiro atoms. The molecule has 144 valence electrons. The number of nitrogens with zero attached hydrogens (tertiary/aromatic N) is 3. The molecule has 0 unspecified atom stereocenters. The maximum atomic E-state index is 2.81. The SMILES string of the molecule is CCN1CCN(C2(C)CCC3(CCN(CC4(CC)CC4)CC3)CC2)C1. The molecule has 2 heterocycles. The van der Waals surface area contributed by atoms with Gasteiger partial charge >= 0.3 is 0 Å². The summed E-state index contributed by atoms with van der Waals surface area (Å²) in [5, 5.41) is 0. The lowest BCUT2D eigenvalue weighted by molar-refractivity contribution is -0.00959. The van der Waals surface area contributed by atoms with E-state index in [2.05, 4.69) is 35.5 Å². The molecule has 0 N–H and O–H groups in total. The first-order valence-electron chi connectivity index (χ1n) is 11.2. The molecular weight excluding hydrogens is 306 g/mol. The molecule has 0 aromatic heterocycles. The van der Waals surface area contributed by atoms with E-state index in [0.717, 1.165) is 5.41 Å². The van der Waals surface area contributed by atoms with Crippen molar-refractivity contribution < 1.29 is 0 Å². The van der Waals surface area contributed by atoms with Crippen molar-refractivity contribution in [3.05, 3.63) is 0 Å². The Morgan fingerprint density at radius 1 is 0.720 bits per heavy atom. The van der Waals surface area contributed by atoms with Crippen molar-refractivity contribution in [1.29, 1.82) is 0 Å². The largest absolute Gasteiger partial charge is 0.303 e. The Labute approximate surface area is 156 Å². The standard InChI is InChI=1S/C22H41N3/c1-4-21(10-11-21)18-24-14-12-22(13-15-24)8-6-20(3,7-9-22)25-17-16-23(5-2)19-25/h4-19H2,1-3H3. The quantitative estimate of drug-likeness (QED) is 0.738. The summed E-state index contributed by atoms with van der Waals surface area (Å²) in [6.45, 7) is 16.4. The second-order valence-electron chi connectivity index (χ2n) is 10.2. The monoisotopic (exact) mass is 347 g/mol. The van der Waals surface area contributed by atoms with E-state index >= 15 is 0 Å². The summed E-state index contributed by atoms with van der Waals surface area (Å²) in [6.07, 6.45) is 13.2. The Morgan fingerprint density at radius 3 is 1.92 bits per heavy atom. The number of hydrogen-bond acceptors (Lipinski definition) is 3. The van der Waals surface area contributed by atoms with Gasteiger partial charge in [-0.3, -0.25) is 9.80 Å². The minimum absolute atomic E-state index is 0.479. The molecule has 0 bridgehead atoms. The molecule has 3 nitrogen and oxygen atoms in total. The molecule has 0 atom stereocenters. The lowest BCUT2D eigenvalue weighted by Gasteiger charge is -2.52. The van der Waals surface area contributed by atoms with Crippen LogP contribution < -0.4 is 0 Å². The summed E-state index contributed by atoms with van der Waals surface area (Å²) in [7, 11) is 0. The van der Waals surface area contributed by atoms with Gasteiger partial charge in [0.1, 0.15) is 0 Å². The first-order valence-corrected chi connectivity index (χ1v) is 11.2. The Hall–Kier alpha value is -0.120. The van der Waals surface area contributed by atoms with Gasteiger partial charge in [-0.15, -0.1) is 0 Å². The molecule has 4 rings (SSSR count). The van der Waals surface area contributed by atoms with Crippen LogP contribution in [0.1, 0.15) is 78.6 Å². The van der Waals surface area contributed by atoms with Crippen LogP contribution in [0.25, 0.3) is 0 Å². The molecule has 2 saturated heterocycles. The van der Waals surface area contributed by atoms with Crippen LogP contribution in [-0.4, -0.2) is 66.2 Å². The lowest BCUT2D eigenvalue weighted by atomic mass is 9.63. The molecule has 4 fully saturated rings. The van der Waals surface area contributed by atoms with Crippen LogP contribution in [0.2, 0.25) is 0 Å². The van der Waals surface area contributed by atoms with Crippen molar-refractivity contribution in [2.75, 3.05) is 45.9 Å². The van der Waals surface area contributed by atoms with Crippen molar-refractivity contribution in [3.63, 3.8) is 0 Å². The molecular formula is C22H41N3. The van der Waals surface area contributed by atoms with Crippen LogP contribution in [-0.2, 0) is 0 Å². The van der Waals surface area contributed by atoms with Crippen LogP contribution in [0.3, 0.4) is 0 Å². The van der Waals surface area contributed by atoms with Gasteiger partial charge in [0, 0.05) is 25.2 Å². The van der Waals surface area contributed by atoms with E-state index in [9.17, 15) is 0 Å². The molecule has 2 aliphatic heterocycles. The summed E-state index contributed by atoms with van der Waals surface area (Å²) in [5.41, 5.74) is 1.91. The number of piperidine rings is 1. The molecule has 0 amide bonds. The third-order valence-electron chi connectivity index (χ3n) is 8.84. The van der Waals surface area contributed by atoms with Gasteiger partial charge in [0.25, 0.3) is 0 Å². The van der Waals surface area contributed by atoms with Gasteiger partial charge in [0.05, 0.1) is 6.67 Å². The van der Waals surface area contributed by atoms with Crippen LogP contribution in [0, 0.1) is 10.8 Å². The van der Waals surface area contributed by atoms with Gasteiger partial charge in [0.2, 0.25) is 0 Å². The van der Waals surface area contributed by atoms with E-state index < -0.39 is 0 Å². The fourth-order valence-corrected chi connectivity index (χ4v) is 5.94. The molecule has 0 aromatic rings. The summed E-state index contributed by atoms with van der Waals surface area (Å²) in [4.78, 5) is 8.22. The third kappa shape index (κ3) is 3.66. The van der Waals surface area contributed by atoms with Crippen molar-refractivity contribution >= 4 is 0 Å². The highest BCUT2D eigenvalue weighted by molar-refractivity contribution is 5.01. The molecule has 4 aliphatic rings. The highest BCUT2D eigenvalue weighted by Gasteiger charge is 2.47. The fraction of sp³-hybridized carbons (Fsp3) is 1.00. The summed E-state index contributed by atoms with van der Waals surface area (Å²) < 4.78 is 0. The molecule has 3 heteroatoms. The second kappa shape index (κ2) is 6.80. The Kier molecular flexibility index (Phi) is 4.96. The number of likely N-dealkylation sites (tertiary alicyclic amines) is 1.